The van der Waals surface area contributed by atoms with Crippen molar-refractivity contribution in [3.63, 3.8) is 0 Å². The van der Waals surface area contributed by atoms with Gasteiger partial charge in [0.1, 0.15) is 0 Å². The van der Waals surface area contributed by atoms with Crippen molar-refractivity contribution in [1.82, 2.24) is 5.32 Å². The Labute approximate surface area is 108 Å². The second kappa shape index (κ2) is 5.89. The third kappa shape index (κ3) is 3.84. The van der Waals surface area contributed by atoms with E-state index in [1.165, 1.54) is 7.11 Å². The molecule has 0 aliphatic heterocycles. The zero-order valence-electron chi connectivity index (χ0n) is 8.21. The average Bonchev–Trinajstić information content (AvgIpc) is 2.23. The number of methoxy groups -OCH3 is 1. The number of benzene rings is 1. The van der Waals surface area contributed by atoms with Gasteiger partial charge in [-0.25, -0.2) is 4.79 Å². The molecule has 0 spiro atoms. The third-order valence-electron chi connectivity index (χ3n) is 1.58. The van der Waals surface area contributed by atoms with Crippen LogP contribution in [-0.4, -0.2) is 18.3 Å². The summed E-state index contributed by atoms with van der Waals surface area (Å²) in [5, 5.41) is 6.03. The molecule has 1 aromatic rings. The van der Waals surface area contributed by atoms with Gasteiger partial charge < -0.3 is 10.1 Å². The number of rotatable bonds is 1. The van der Waals surface area contributed by atoms with Crippen LogP contribution in [-0.2, 0) is 4.74 Å². The summed E-state index contributed by atoms with van der Waals surface area (Å²) in [6.07, 6.45) is -0.657. The highest BCUT2D eigenvalue weighted by molar-refractivity contribution is 7.80. The van der Waals surface area contributed by atoms with Crippen LogP contribution in [0.4, 0.5) is 10.5 Å². The molecule has 4 nitrogen and oxygen atoms in total. The second-order valence-corrected chi connectivity index (χ2v) is 3.95. The number of thiocarbonyl (C=S) groups is 1. The first kappa shape index (κ1) is 13.0. The van der Waals surface area contributed by atoms with E-state index in [9.17, 15) is 4.79 Å². The molecule has 0 aliphatic rings. The van der Waals surface area contributed by atoms with Crippen molar-refractivity contribution >= 4 is 52.3 Å². The first-order valence-corrected chi connectivity index (χ1v) is 5.30. The zero-order valence-corrected chi connectivity index (χ0v) is 10.5. The normalized spacial score (nSPS) is 9.44. The molecule has 7 heteroatoms. The Morgan fingerprint density at radius 2 is 2.12 bits per heavy atom. The smallest absolute Gasteiger partial charge is 0.413 e. The predicted molar refractivity (Wildman–Crippen MR) is 68.2 cm³/mol. The molecule has 0 saturated carbocycles. The van der Waals surface area contributed by atoms with Gasteiger partial charge >= 0.3 is 6.09 Å². The molecule has 2 N–H and O–H groups in total. The monoisotopic (exact) mass is 278 g/mol. The highest BCUT2D eigenvalue weighted by Gasteiger charge is 2.06. The number of anilines is 1. The molecule has 16 heavy (non-hydrogen) atoms. The van der Waals surface area contributed by atoms with Crippen LogP contribution in [0.25, 0.3) is 0 Å². The van der Waals surface area contributed by atoms with E-state index in [0.717, 1.165) is 0 Å². The Bertz CT molecular complexity index is 426. The first-order valence-electron chi connectivity index (χ1n) is 4.14. The Morgan fingerprint density at radius 1 is 1.44 bits per heavy atom. The topological polar surface area (TPSA) is 50.4 Å². The van der Waals surface area contributed by atoms with Gasteiger partial charge in [-0.1, -0.05) is 23.2 Å². The summed E-state index contributed by atoms with van der Waals surface area (Å²) in [5.41, 5.74) is 0.510. The number of hydrogen-bond acceptors (Lipinski definition) is 3. The fraction of sp³-hybridized carbons (Fsp3) is 0.111. The minimum atomic E-state index is -0.657. The third-order valence-corrected chi connectivity index (χ3v) is 2.35. The minimum Gasteiger partial charge on any atom is -0.453 e. The Morgan fingerprint density at radius 3 is 2.75 bits per heavy atom. The number of hydrogen-bond donors (Lipinski definition) is 2. The van der Waals surface area contributed by atoms with Gasteiger partial charge in [0.2, 0.25) is 0 Å². The summed E-state index contributed by atoms with van der Waals surface area (Å²) in [5.74, 6) is 0. The van der Waals surface area contributed by atoms with Gasteiger partial charge in [0.15, 0.2) is 5.11 Å². The van der Waals surface area contributed by atoms with Crippen LogP contribution >= 0.6 is 35.4 Å². The summed E-state index contributed by atoms with van der Waals surface area (Å²) >= 11 is 16.5. The summed E-state index contributed by atoms with van der Waals surface area (Å²) < 4.78 is 4.38. The standard InChI is InChI=1S/C9H8Cl2N2O2S/c1-15-9(14)13-8(16)12-7-4-5(10)2-3-6(7)11/h2-4H,1H3,(H2,12,13,14,16). The van der Waals surface area contributed by atoms with E-state index in [-0.39, 0.29) is 5.11 Å². The number of ether oxygens (including phenoxy) is 1. The molecular formula is C9H8Cl2N2O2S. The van der Waals surface area contributed by atoms with Gasteiger partial charge in [0.25, 0.3) is 0 Å². The predicted octanol–water partition coefficient (Wildman–Crippen LogP) is 3.05. The van der Waals surface area contributed by atoms with E-state index in [1.807, 2.05) is 0 Å². The van der Waals surface area contributed by atoms with Crippen molar-refractivity contribution in [2.45, 2.75) is 0 Å². The van der Waals surface area contributed by atoms with Crippen LogP contribution in [0.1, 0.15) is 0 Å². The number of alkyl carbamates (subject to hydrolysis) is 1. The van der Waals surface area contributed by atoms with Crippen LogP contribution in [0.5, 0.6) is 0 Å². The Balaban J connectivity index is 2.69. The number of carbonyl (C=O) groups excluding carboxylic acids is 1. The maximum absolute atomic E-state index is 10.8. The molecule has 1 rings (SSSR count). The number of halogens is 2. The van der Waals surface area contributed by atoms with Crippen LogP contribution in [0.3, 0.4) is 0 Å². The summed E-state index contributed by atoms with van der Waals surface area (Å²) in [4.78, 5) is 10.8. The van der Waals surface area contributed by atoms with Crippen molar-refractivity contribution in [1.29, 1.82) is 0 Å². The molecule has 0 bridgehead atoms. The van der Waals surface area contributed by atoms with Gasteiger partial charge in [-0.15, -0.1) is 0 Å². The molecule has 0 radical (unpaired) electrons. The minimum absolute atomic E-state index is 0.0796. The van der Waals surface area contributed by atoms with Gasteiger partial charge in [-0.3, -0.25) is 5.32 Å². The van der Waals surface area contributed by atoms with Crippen molar-refractivity contribution in [2.24, 2.45) is 0 Å². The molecule has 86 valence electrons. The van der Waals surface area contributed by atoms with Gasteiger partial charge in [0.05, 0.1) is 17.8 Å². The van der Waals surface area contributed by atoms with Crippen LogP contribution in [0, 0.1) is 0 Å². The van der Waals surface area contributed by atoms with Crippen LogP contribution in [0.2, 0.25) is 10.0 Å². The molecule has 0 aromatic heterocycles. The van der Waals surface area contributed by atoms with E-state index < -0.39 is 6.09 Å². The van der Waals surface area contributed by atoms with Gasteiger partial charge in [0, 0.05) is 5.02 Å². The summed E-state index contributed by atoms with van der Waals surface area (Å²) in [6, 6.07) is 4.86. The lowest BCUT2D eigenvalue weighted by Crippen LogP contribution is -2.33. The molecule has 0 heterocycles. The quantitative estimate of drug-likeness (QED) is 0.776. The molecule has 1 amide bonds. The molecule has 0 aliphatic carbocycles. The van der Waals surface area contributed by atoms with E-state index in [0.29, 0.717) is 15.7 Å². The molecule has 1 aromatic carbocycles. The summed E-state index contributed by atoms with van der Waals surface area (Å²) in [7, 11) is 1.24. The van der Waals surface area contributed by atoms with Crippen molar-refractivity contribution < 1.29 is 9.53 Å². The number of amides is 1. The number of nitrogens with one attached hydrogen (secondary N) is 2. The highest BCUT2D eigenvalue weighted by atomic mass is 35.5. The lowest BCUT2D eigenvalue weighted by Gasteiger charge is -2.10. The highest BCUT2D eigenvalue weighted by Crippen LogP contribution is 2.25. The zero-order chi connectivity index (χ0) is 12.1. The van der Waals surface area contributed by atoms with Crippen molar-refractivity contribution in [3.05, 3.63) is 28.2 Å². The molecular weight excluding hydrogens is 271 g/mol. The lowest BCUT2D eigenvalue weighted by atomic mass is 10.3. The van der Waals surface area contributed by atoms with Crippen molar-refractivity contribution in [3.8, 4) is 0 Å². The maximum Gasteiger partial charge on any atom is 0.413 e. The Kier molecular flexibility index (Phi) is 4.79. The first-order chi connectivity index (χ1) is 7.52. The largest absolute Gasteiger partial charge is 0.453 e. The fourth-order valence-corrected chi connectivity index (χ4v) is 1.42. The van der Waals surface area contributed by atoms with E-state index in [1.54, 1.807) is 18.2 Å². The maximum atomic E-state index is 10.8. The second-order valence-electron chi connectivity index (χ2n) is 2.69. The van der Waals surface area contributed by atoms with Gasteiger partial charge in [-0.05, 0) is 30.4 Å². The molecule has 0 unspecified atom stereocenters. The summed E-state index contributed by atoms with van der Waals surface area (Å²) in [6.45, 7) is 0. The fourth-order valence-electron chi connectivity index (χ4n) is 0.891. The lowest BCUT2D eigenvalue weighted by molar-refractivity contribution is 0.177. The van der Waals surface area contributed by atoms with E-state index in [4.69, 9.17) is 35.4 Å². The molecule has 0 atom stereocenters. The molecule has 0 saturated heterocycles. The Hall–Kier alpha value is -1.04. The van der Waals surface area contributed by atoms with Crippen LogP contribution in [0.15, 0.2) is 18.2 Å². The van der Waals surface area contributed by atoms with E-state index in [2.05, 4.69) is 15.4 Å². The van der Waals surface area contributed by atoms with Crippen LogP contribution < -0.4 is 10.6 Å². The van der Waals surface area contributed by atoms with Gasteiger partial charge in [-0.2, -0.15) is 0 Å². The average molecular weight is 279 g/mol. The molecule has 0 fully saturated rings. The van der Waals surface area contributed by atoms with Crippen molar-refractivity contribution in [2.75, 3.05) is 12.4 Å². The SMILES string of the molecule is COC(=O)NC(=S)Nc1cc(Cl)ccc1Cl. The number of carbonyl (C=O) groups is 1. The van der Waals surface area contributed by atoms with E-state index >= 15 is 0 Å².